The second-order valence-electron chi connectivity index (χ2n) is 6.94. The fourth-order valence-corrected chi connectivity index (χ4v) is 4.68. The van der Waals surface area contributed by atoms with Crippen molar-refractivity contribution in [1.29, 1.82) is 0 Å². The van der Waals surface area contributed by atoms with Crippen molar-refractivity contribution in [1.82, 2.24) is 4.57 Å². The first-order valence-electron chi connectivity index (χ1n) is 9.45. The first kappa shape index (κ1) is 20.4. The lowest BCUT2D eigenvalue weighted by molar-refractivity contribution is -0.141. The van der Waals surface area contributed by atoms with Crippen molar-refractivity contribution in [2.45, 2.75) is 45.1 Å². The molecule has 1 aromatic carbocycles. The molecule has 2 aromatic rings. The van der Waals surface area contributed by atoms with E-state index in [1.807, 2.05) is 6.07 Å². The summed E-state index contributed by atoms with van der Waals surface area (Å²) in [6.07, 6.45) is 6.25. The molecule has 0 saturated heterocycles. The third-order valence-electron chi connectivity index (χ3n) is 5.11. The summed E-state index contributed by atoms with van der Waals surface area (Å²) in [6.45, 7) is -0.0263. The molecule has 1 saturated carbocycles. The lowest BCUT2D eigenvalue weighted by Crippen LogP contribution is -2.23. The average Bonchev–Trinajstić information content (AvgIpc) is 3.03. The number of rotatable bonds is 6. The number of nitrogens with zero attached hydrogens (tertiary/aromatic N) is 2. The Labute approximate surface area is 167 Å². The van der Waals surface area contributed by atoms with Gasteiger partial charge >= 0.3 is 5.97 Å². The highest BCUT2D eigenvalue weighted by Gasteiger charge is 2.19. The number of hydrogen-bond acceptors (Lipinski definition) is 6. The van der Waals surface area contributed by atoms with Crippen molar-refractivity contribution in [3.63, 3.8) is 0 Å². The summed E-state index contributed by atoms with van der Waals surface area (Å²) in [6, 6.07) is 3.62. The number of fused-ring (bicyclic) bond motifs is 1. The highest BCUT2D eigenvalue weighted by molar-refractivity contribution is 7.16. The molecule has 0 spiro atoms. The van der Waals surface area contributed by atoms with E-state index in [1.54, 1.807) is 24.9 Å². The molecule has 1 aliphatic carbocycles. The minimum atomic E-state index is -0.407. The van der Waals surface area contributed by atoms with Crippen LogP contribution in [-0.4, -0.2) is 37.8 Å². The number of thiazole rings is 1. The van der Waals surface area contributed by atoms with Crippen molar-refractivity contribution < 1.29 is 23.8 Å². The molecule has 0 aliphatic heterocycles. The number of amides is 1. The number of hydrogen-bond donors (Lipinski definition) is 0. The minimum Gasteiger partial charge on any atom is -0.493 e. The molecule has 0 unspecified atom stereocenters. The number of benzene rings is 1. The predicted octanol–water partition coefficient (Wildman–Crippen LogP) is 3.29. The van der Waals surface area contributed by atoms with Gasteiger partial charge in [0, 0.05) is 18.6 Å². The zero-order chi connectivity index (χ0) is 20.1. The van der Waals surface area contributed by atoms with Crippen LogP contribution in [-0.2, 0) is 20.9 Å². The van der Waals surface area contributed by atoms with Crippen LogP contribution < -0.4 is 14.3 Å². The Morgan fingerprint density at radius 2 is 1.79 bits per heavy atom. The van der Waals surface area contributed by atoms with Crippen LogP contribution in [0.25, 0.3) is 10.2 Å². The van der Waals surface area contributed by atoms with Crippen LogP contribution in [0.3, 0.4) is 0 Å². The third-order valence-corrected chi connectivity index (χ3v) is 6.15. The molecule has 1 amide bonds. The normalized spacial score (nSPS) is 15.6. The maximum atomic E-state index is 12.6. The SMILES string of the molecule is COC(=O)Cn1c(=NC(=O)CC2CCCCC2)sc2cc(OC)c(OC)cc21. The second kappa shape index (κ2) is 9.23. The number of ether oxygens (including phenoxy) is 3. The van der Waals surface area contributed by atoms with Gasteiger partial charge in [0.15, 0.2) is 16.3 Å². The van der Waals surface area contributed by atoms with Gasteiger partial charge in [-0.05, 0) is 18.8 Å². The number of carbonyl (C=O) groups is 2. The van der Waals surface area contributed by atoms with Gasteiger partial charge in [0.2, 0.25) is 5.91 Å². The van der Waals surface area contributed by atoms with E-state index in [9.17, 15) is 9.59 Å². The van der Waals surface area contributed by atoms with E-state index in [0.29, 0.717) is 28.6 Å². The Hall–Kier alpha value is -2.35. The zero-order valence-electron chi connectivity index (χ0n) is 16.5. The quantitative estimate of drug-likeness (QED) is 0.688. The molecule has 0 atom stereocenters. The summed E-state index contributed by atoms with van der Waals surface area (Å²) in [4.78, 5) is 29.3. The van der Waals surface area contributed by atoms with Gasteiger partial charge in [-0.15, -0.1) is 0 Å². The van der Waals surface area contributed by atoms with Crippen LogP contribution in [0.4, 0.5) is 0 Å². The van der Waals surface area contributed by atoms with Gasteiger partial charge < -0.3 is 18.8 Å². The van der Waals surface area contributed by atoms with Gasteiger partial charge in [-0.2, -0.15) is 4.99 Å². The number of carbonyl (C=O) groups excluding carboxylic acids is 2. The smallest absolute Gasteiger partial charge is 0.325 e. The van der Waals surface area contributed by atoms with Crippen molar-refractivity contribution in [3.05, 3.63) is 16.9 Å². The maximum Gasteiger partial charge on any atom is 0.325 e. The van der Waals surface area contributed by atoms with Crippen LogP contribution in [0.2, 0.25) is 0 Å². The highest BCUT2D eigenvalue weighted by Crippen LogP contribution is 2.33. The Morgan fingerprint density at radius 1 is 1.11 bits per heavy atom. The van der Waals surface area contributed by atoms with Gasteiger partial charge in [0.25, 0.3) is 0 Å². The first-order valence-corrected chi connectivity index (χ1v) is 10.3. The summed E-state index contributed by atoms with van der Waals surface area (Å²) in [7, 11) is 4.46. The molecular weight excluding hydrogens is 380 g/mol. The molecule has 152 valence electrons. The Kier molecular flexibility index (Phi) is 6.72. The van der Waals surface area contributed by atoms with E-state index in [0.717, 1.165) is 23.1 Å². The Bertz CT molecular complexity index is 925. The van der Waals surface area contributed by atoms with Crippen LogP contribution in [0.5, 0.6) is 11.5 Å². The summed E-state index contributed by atoms with van der Waals surface area (Å²) >= 11 is 1.35. The topological polar surface area (TPSA) is 79.1 Å². The van der Waals surface area contributed by atoms with Gasteiger partial charge in [0.1, 0.15) is 6.54 Å². The van der Waals surface area contributed by atoms with Gasteiger partial charge in [-0.1, -0.05) is 30.6 Å². The van der Waals surface area contributed by atoms with E-state index >= 15 is 0 Å². The standard InChI is InChI=1S/C20H26N2O5S/c1-25-15-10-14-17(11-16(15)26-2)28-20(22(14)12-19(24)27-3)21-18(23)9-13-7-5-4-6-8-13/h10-11,13H,4-9,12H2,1-3H3. The largest absolute Gasteiger partial charge is 0.493 e. The molecule has 0 radical (unpaired) electrons. The van der Waals surface area contributed by atoms with E-state index in [-0.39, 0.29) is 12.5 Å². The van der Waals surface area contributed by atoms with Crippen LogP contribution in [0, 0.1) is 5.92 Å². The van der Waals surface area contributed by atoms with Crippen LogP contribution in [0.15, 0.2) is 17.1 Å². The lowest BCUT2D eigenvalue weighted by atomic mass is 9.87. The van der Waals surface area contributed by atoms with Crippen LogP contribution >= 0.6 is 11.3 Å². The molecule has 1 heterocycles. The molecule has 28 heavy (non-hydrogen) atoms. The Morgan fingerprint density at radius 3 is 2.43 bits per heavy atom. The molecule has 1 aliphatic rings. The van der Waals surface area contributed by atoms with E-state index in [2.05, 4.69) is 4.99 Å². The summed E-state index contributed by atoms with van der Waals surface area (Å²) < 4.78 is 18.1. The van der Waals surface area contributed by atoms with Crippen molar-refractivity contribution in [3.8, 4) is 11.5 Å². The van der Waals surface area contributed by atoms with Crippen molar-refractivity contribution in [2.24, 2.45) is 10.9 Å². The Balaban J connectivity index is 2.02. The highest BCUT2D eigenvalue weighted by atomic mass is 32.1. The summed E-state index contributed by atoms with van der Waals surface area (Å²) in [5.74, 6) is 0.994. The average molecular weight is 407 g/mol. The molecule has 1 fully saturated rings. The molecule has 0 N–H and O–H groups in total. The first-order chi connectivity index (χ1) is 13.5. The van der Waals surface area contributed by atoms with E-state index in [1.165, 1.54) is 37.7 Å². The fraction of sp³-hybridized carbons (Fsp3) is 0.550. The van der Waals surface area contributed by atoms with Crippen LogP contribution in [0.1, 0.15) is 38.5 Å². The lowest BCUT2D eigenvalue weighted by Gasteiger charge is -2.19. The molecule has 8 heteroatoms. The molecule has 0 bridgehead atoms. The second-order valence-corrected chi connectivity index (χ2v) is 7.94. The monoisotopic (exact) mass is 406 g/mol. The molecule has 7 nitrogen and oxygen atoms in total. The van der Waals surface area contributed by atoms with Gasteiger partial charge in [0.05, 0.1) is 31.5 Å². The van der Waals surface area contributed by atoms with E-state index < -0.39 is 5.97 Å². The van der Waals surface area contributed by atoms with Gasteiger partial charge in [-0.3, -0.25) is 9.59 Å². The summed E-state index contributed by atoms with van der Waals surface area (Å²) in [5.41, 5.74) is 0.747. The van der Waals surface area contributed by atoms with Gasteiger partial charge in [-0.25, -0.2) is 0 Å². The maximum absolute atomic E-state index is 12.6. The minimum absolute atomic E-state index is 0.0263. The van der Waals surface area contributed by atoms with E-state index in [4.69, 9.17) is 14.2 Å². The predicted molar refractivity (Wildman–Crippen MR) is 107 cm³/mol. The fourth-order valence-electron chi connectivity index (χ4n) is 3.62. The third kappa shape index (κ3) is 4.55. The number of esters is 1. The molecule has 1 aromatic heterocycles. The van der Waals surface area contributed by atoms with Crippen molar-refractivity contribution >= 4 is 33.4 Å². The molecular formula is C20H26N2O5S. The number of methoxy groups -OCH3 is 3. The zero-order valence-corrected chi connectivity index (χ0v) is 17.3. The summed E-state index contributed by atoms with van der Waals surface area (Å²) in [5, 5.41) is 0. The number of aromatic nitrogens is 1. The molecule has 3 rings (SSSR count). The van der Waals surface area contributed by atoms with Crippen molar-refractivity contribution in [2.75, 3.05) is 21.3 Å².